The van der Waals surface area contributed by atoms with Gasteiger partial charge in [0.15, 0.2) is 0 Å². The van der Waals surface area contributed by atoms with E-state index in [9.17, 15) is 0 Å². The Morgan fingerprint density at radius 3 is 2.12 bits per heavy atom. The number of aryl methyl sites for hydroxylation is 1. The van der Waals surface area contributed by atoms with Crippen LogP contribution in [0.4, 0.5) is 0 Å². The van der Waals surface area contributed by atoms with Gasteiger partial charge < -0.3 is 18.6 Å². The summed E-state index contributed by atoms with van der Waals surface area (Å²) in [6, 6.07) is 11.9. The molecule has 1 heterocycles. The van der Waals surface area contributed by atoms with Gasteiger partial charge in [0.25, 0.3) is 0 Å². The van der Waals surface area contributed by atoms with E-state index in [0.29, 0.717) is 5.92 Å². The molecule has 4 nitrogen and oxygen atoms in total. The number of furan rings is 1. The summed E-state index contributed by atoms with van der Waals surface area (Å²) in [4.78, 5) is 0. The van der Waals surface area contributed by atoms with E-state index in [2.05, 4.69) is 26.0 Å². The van der Waals surface area contributed by atoms with Crippen LogP contribution in [0.1, 0.15) is 25.8 Å². The molecule has 0 radical (unpaired) electrons. The van der Waals surface area contributed by atoms with E-state index in [1.807, 2.05) is 24.3 Å². The van der Waals surface area contributed by atoms with Crippen molar-refractivity contribution < 1.29 is 18.6 Å². The Morgan fingerprint density at radius 2 is 1.54 bits per heavy atom. The van der Waals surface area contributed by atoms with Gasteiger partial charge in [-0.05, 0) is 48.6 Å². The molecule has 26 heavy (non-hydrogen) atoms. The highest BCUT2D eigenvalue weighted by Gasteiger charge is 2.13. The summed E-state index contributed by atoms with van der Waals surface area (Å²) in [6.45, 7) is 4.47. The van der Waals surface area contributed by atoms with Crippen molar-refractivity contribution in [3.63, 3.8) is 0 Å². The maximum absolute atomic E-state index is 6.09. The zero-order valence-electron chi connectivity index (χ0n) is 16.1. The van der Waals surface area contributed by atoms with E-state index in [0.717, 1.165) is 52.4 Å². The van der Waals surface area contributed by atoms with Gasteiger partial charge in [-0.3, -0.25) is 0 Å². The molecule has 0 saturated heterocycles. The molecule has 0 aliphatic rings. The lowest BCUT2D eigenvalue weighted by Crippen LogP contribution is -1.95. The van der Waals surface area contributed by atoms with E-state index >= 15 is 0 Å². The van der Waals surface area contributed by atoms with Crippen molar-refractivity contribution in [1.82, 2.24) is 0 Å². The molecule has 3 rings (SSSR count). The first-order chi connectivity index (χ1) is 12.5. The number of hydrogen-bond acceptors (Lipinski definition) is 4. The molecule has 0 unspecified atom stereocenters. The Balaban J connectivity index is 2.03. The maximum atomic E-state index is 6.09. The highest BCUT2D eigenvalue weighted by molar-refractivity contribution is 5.85. The van der Waals surface area contributed by atoms with Crippen LogP contribution in [0, 0.1) is 5.92 Å². The second kappa shape index (κ2) is 7.73. The highest BCUT2D eigenvalue weighted by Crippen LogP contribution is 2.36. The summed E-state index contributed by atoms with van der Waals surface area (Å²) in [5.74, 6) is 3.77. The number of benzene rings is 2. The number of rotatable bonds is 7. The number of fused-ring (bicyclic) bond motifs is 1. The number of ether oxygens (including phenoxy) is 3. The number of hydrogen-bond donors (Lipinski definition) is 0. The van der Waals surface area contributed by atoms with Crippen LogP contribution in [0.3, 0.4) is 0 Å². The van der Waals surface area contributed by atoms with Crippen molar-refractivity contribution in [1.29, 1.82) is 0 Å². The number of methoxy groups -OCH3 is 3. The normalized spacial score (nSPS) is 11.2. The summed E-state index contributed by atoms with van der Waals surface area (Å²) in [5.41, 5.74) is 2.94. The van der Waals surface area contributed by atoms with Crippen LogP contribution in [0.5, 0.6) is 17.2 Å². The average Bonchev–Trinajstić information content (AvgIpc) is 3.07. The zero-order chi connectivity index (χ0) is 18.7. The Hall–Kier alpha value is -2.62. The Morgan fingerprint density at radius 1 is 0.846 bits per heavy atom. The summed E-state index contributed by atoms with van der Waals surface area (Å²) >= 11 is 0. The van der Waals surface area contributed by atoms with E-state index in [-0.39, 0.29) is 0 Å². The van der Waals surface area contributed by atoms with Crippen LogP contribution >= 0.6 is 0 Å². The molecular weight excluding hydrogens is 328 g/mol. The Bertz CT molecular complexity index is 870. The van der Waals surface area contributed by atoms with Gasteiger partial charge in [-0.25, -0.2) is 0 Å². The smallest absolute Gasteiger partial charge is 0.138 e. The third kappa shape index (κ3) is 3.79. The monoisotopic (exact) mass is 354 g/mol. The molecule has 0 aliphatic carbocycles. The standard InChI is InChI=1S/C22H26O4/c1-14(2)6-7-15-8-16-11-21(26-22(16)13-20(15)25-5)17-9-18(23-3)12-19(10-17)24-4/h8-14H,6-7H2,1-5H3. The molecule has 0 N–H and O–H groups in total. The zero-order valence-corrected chi connectivity index (χ0v) is 16.1. The van der Waals surface area contributed by atoms with Gasteiger partial charge in [-0.1, -0.05) is 13.8 Å². The third-order valence-corrected chi connectivity index (χ3v) is 4.55. The summed E-state index contributed by atoms with van der Waals surface area (Å²) < 4.78 is 22.4. The van der Waals surface area contributed by atoms with E-state index in [1.54, 1.807) is 21.3 Å². The first kappa shape index (κ1) is 18.2. The second-order valence-electron chi connectivity index (χ2n) is 6.85. The molecule has 0 atom stereocenters. The van der Waals surface area contributed by atoms with Crippen LogP contribution in [-0.2, 0) is 6.42 Å². The molecule has 4 heteroatoms. The van der Waals surface area contributed by atoms with Crippen molar-refractivity contribution in [2.24, 2.45) is 5.92 Å². The lowest BCUT2D eigenvalue weighted by Gasteiger charge is -2.09. The van der Waals surface area contributed by atoms with E-state index in [4.69, 9.17) is 18.6 Å². The molecule has 2 aromatic carbocycles. The van der Waals surface area contributed by atoms with Gasteiger partial charge in [-0.15, -0.1) is 0 Å². The minimum absolute atomic E-state index is 0.652. The molecule has 138 valence electrons. The molecule has 3 aromatic rings. The van der Waals surface area contributed by atoms with Crippen molar-refractivity contribution in [3.8, 4) is 28.6 Å². The first-order valence-corrected chi connectivity index (χ1v) is 8.88. The summed E-state index contributed by atoms with van der Waals surface area (Å²) in [7, 11) is 4.99. The fourth-order valence-electron chi connectivity index (χ4n) is 3.04. The third-order valence-electron chi connectivity index (χ3n) is 4.55. The fraction of sp³-hybridized carbons (Fsp3) is 0.364. The van der Waals surface area contributed by atoms with E-state index in [1.165, 1.54) is 5.56 Å². The highest BCUT2D eigenvalue weighted by atomic mass is 16.5. The SMILES string of the molecule is COc1cc(OC)cc(-c2cc3cc(CCC(C)C)c(OC)cc3o2)c1. The fourth-order valence-corrected chi connectivity index (χ4v) is 3.04. The van der Waals surface area contributed by atoms with E-state index < -0.39 is 0 Å². The van der Waals surface area contributed by atoms with Gasteiger partial charge in [0, 0.05) is 23.1 Å². The van der Waals surface area contributed by atoms with Crippen molar-refractivity contribution in [2.75, 3.05) is 21.3 Å². The van der Waals surface area contributed by atoms with Gasteiger partial charge in [0.05, 0.1) is 21.3 Å². The molecule has 0 fully saturated rings. The Kier molecular flexibility index (Phi) is 5.40. The lowest BCUT2D eigenvalue weighted by atomic mass is 10.0. The molecule has 1 aromatic heterocycles. The van der Waals surface area contributed by atoms with Crippen LogP contribution in [0.25, 0.3) is 22.3 Å². The molecule has 0 saturated carbocycles. The van der Waals surface area contributed by atoms with Crippen molar-refractivity contribution in [2.45, 2.75) is 26.7 Å². The summed E-state index contributed by atoms with van der Waals surface area (Å²) in [6.07, 6.45) is 2.12. The predicted molar refractivity (Wildman–Crippen MR) is 104 cm³/mol. The van der Waals surface area contributed by atoms with Crippen LogP contribution in [-0.4, -0.2) is 21.3 Å². The first-order valence-electron chi connectivity index (χ1n) is 8.88. The van der Waals surface area contributed by atoms with Crippen LogP contribution < -0.4 is 14.2 Å². The van der Waals surface area contributed by atoms with Gasteiger partial charge >= 0.3 is 0 Å². The Labute approximate surface area is 154 Å². The van der Waals surface area contributed by atoms with Crippen molar-refractivity contribution in [3.05, 3.63) is 42.0 Å². The molecular formula is C22H26O4. The largest absolute Gasteiger partial charge is 0.497 e. The predicted octanol–water partition coefficient (Wildman–Crippen LogP) is 5.71. The van der Waals surface area contributed by atoms with Crippen molar-refractivity contribution >= 4 is 11.0 Å². The lowest BCUT2D eigenvalue weighted by molar-refractivity contribution is 0.394. The average molecular weight is 354 g/mol. The minimum Gasteiger partial charge on any atom is -0.497 e. The molecule has 0 aliphatic heterocycles. The minimum atomic E-state index is 0.652. The van der Waals surface area contributed by atoms with Gasteiger partial charge in [0.2, 0.25) is 0 Å². The quantitative estimate of drug-likeness (QED) is 0.544. The topological polar surface area (TPSA) is 40.8 Å². The molecule has 0 amide bonds. The summed E-state index contributed by atoms with van der Waals surface area (Å²) in [5, 5.41) is 1.07. The molecule has 0 spiro atoms. The van der Waals surface area contributed by atoms with Crippen LogP contribution in [0.15, 0.2) is 40.8 Å². The van der Waals surface area contributed by atoms with Gasteiger partial charge in [-0.2, -0.15) is 0 Å². The van der Waals surface area contributed by atoms with Crippen LogP contribution in [0.2, 0.25) is 0 Å². The maximum Gasteiger partial charge on any atom is 0.138 e. The second-order valence-corrected chi connectivity index (χ2v) is 6.85. The van der Waals surface area contributed by atoms with Gasteiger partial charge in [0.1, 0.15) is 28.6 Å². The molecule has 0 bridgehead atoms.